The van der Waals surface area contributed by atoms with E-state index in [1.54, 1.807) is 7.11 Å². The molecule has 0 bridgehead atoms. The van der Waals surface area contributed by atoms with Gasteiger partial charge >= 0.3 is 0 Å². The molecule has 2 rings (SSSR count). The largest absolute Gasteiger partial charge is 0.497 e. The van der Waals surface area contributed by atoms with Crippen LogP contribution in [0.2, 0.25) is 0 Å². The van der Waals surface area contributed by atoms with Crippen molar-refractivity contribution in [3.05, 3.63) is 54.4 Å². The number of methoxy groups -OCH3 is 1. The molecule has 0 radical (unpaired) electrons. The van der Waals surface area contributed by atoms with Gasteiger partial charge in [0.05, 0.1) is 19.8 Å². The van der Waals surface area contributed by atoms with Crippen molar-refractivity contribution in [3.63, 3.8) is 0 Å². The van der Waals surface area contributed by atoms with Crippen LogP contribution in [-0.4, -0.2) is 42.4 Å². The van der Waals surface area contributed by atoms with Gasteiger partial charge in [-0.05, 0) is 36.8 Å². The number of hydrogen-bond acceptors (Lipinski definition) is 3. The standard InChI is InChI=1S/C18H26N4O2.HI/c1-3-19-18(20-10-13-22-11-4-5-12-22)21-14-17(23)15-6-8-16(24-2)9-7-15;/h4-9,11-12,17,23H,3,10,13-14H2,1-2H3,(H2,19,20,21);1H. The van der Waals surface area contributed by atoms with Crippen molar-refractivity contribution in [2.75, 3.05) is 26.7 Å². The van der Waals surface area contributed by atoms with Crippen LogP contribution in [0.3, 0.4) is 0 Å². The normalized spacial score (nSPS) is 12.2. The number of aromatic nitrogens is 1. The minimum absolute atomic E-state index is 0. The molecule has 1 atom stereocenters. The number of benzene rings is 1. The summed E-state index contributed by atoms with van der Waals surface area (Å²) in [5.41, 5.74) is 0.822. The predicted molar refractivity (Wildman–Crippen MR) is 112 cm³/mol. The predicted octanol–water partition coefficient (Wildman–Crippen LogP) is 2.40. The van der Waals surface area contributed by atoms with E-state index in [0.29, 0.717) is 12.5 Å². The number of guanidine groups is 1. The molecular formula is C18H27IN4O2. The first kappa shape index (κ1) is 21.3. The number of halogens is 1. The number of aliphatic hydroxyl groups excluding tert-OH is 1. The highest BCUT2D eigenvalue weighted by atomic mass is 127. The van der Waals surface area contributed by atoms with Crippen LogP contribution in [0.25, 0.3) is 0 Å². The van der Waals surface area contributed by atoms with Gasteiger partial charge in [0.1, 0.15) is 5.75 Å². The van der Waals surface area contributed by atoms with Crippen molar-refractivity contribution in [1.82, 2.24) is 15.2 Å². The minimum atomic E-state index is -0.643. The first-order valence-electron chi connectivity index (χ1n) is 8.18. The number of aliphatic hydroxyl groups is 1. The summed E-state index contributed by atoms with van der Waals surface area (Å²) in [6.07, 6.45) is 3.41. The third-order valence-electron chi connectivity index (χ3n) is 3.60. The molecule has 0 fully saturated rings. The lowest BCUT2D eigenvalue weighted by molar-refractivity contribution is 0.187. The average molecular weight is 458 g/mol. The lowest BCUT2D eigenvalue weighted by Crippen LogP contribution is -2.39. The Morgan fingerprint density at radius 1 is 1.20 bits per heavy atom. The van der Waals surface area contributed by atoms with Gasteiger partial charge in [-0.2, -0.15) is 0 Å². The average Bonchev–Trinajstić information content (AvgIpc) is 3.13. The molecule has 0 spiro atoms. The number of aliphatic imine (C=N–C) groups is 1. The molecular weight excluding hydrogens is 431 g/mol. The van der Waals surface area contributed by atoms with E-state index in [2.05, 4.69) is 20.2 Å². The topological polar surface area (TPSA) is 70.8 Å². The first-order chi connectivity index (χ1) is 11.7. The summed E-state index contributed by atoms with van der Waals surface area (Å²) in [5, 5.41) is 16.7. The van der Waals surface area contributed by atoms with E-state index in [-0.39, 0.29) is 24.0 Å². The van der Waals surface area contributed by atoms with E-state index in [0.717, 1.165) is 30.9 Å². The van der Waals surface area contributed by atoms with Crippen LogP contribution in [0.1, 0.15) is 18.6 Å². The van der Waals surface area contributed by atoms with Crippen molar-refractivity contribution in [1.29, 1.82) is 0 Å². The summed E-state index contributed by atoms with van der Waals surface area (Å²) in [6.45, 7) is 4.71. The lowest BCUT2D eigenvalue weighted by atomic mass is 10.1. The molecule has 0 saturated heterocycles. The monoisotopic (exact) mass is 458 g/mol. The van der Waals surface area contributed by atoms with Crippen molar-refractivity contribution < 1.29 is 9.84 Å². The Bertz CT molecular complexity index is 615. The fourth-order valence-corrected chi connectivity index (χ4v) is 2.27. The summed E-state index contributed by atoms with van der Waals surface area (Å²) < 4.78 is 7.22. The molecule has 1 aromatic heterocycles. The van der Waals surface area contributed by atoms with Crippen LogP contribution in [0.4, 0.5) is 0 Å². The van der Waals surface area contributed by atoms with E-state index < -0.39 is 6.10 Å². The van der Waals surface area contributed by atoms with Gasteiger partial charge in [-0.15, -0.1) is 24.0 Å². The number of ether oxygens (including phenoxy) is 1. The summed E-state index contributed by atoms with van der Waals surface area (Å²) in [4.78, 5) is 4.46. The van der Waals surface area contributed by atoms with E-state index in [1.807, 2.05) is 55.7 Å². The van der Waals surface area contributed by atoms with E-state index >= 15 is 0 Å². The Hall–Kier alpha value is -1.74. The Morgan fingerprint density at radius 2 is 1.88 bits per heavy atom. The molecule has 1 unspecified atom stereocenters. The Labute approximate surface area is 166 Å². The van der Waals surface area contributed by atoms with Gasteiger partial charge in [-0.1, -0.05) is 12.1 Å². The zero-order valence-electron chi connectivity index (χ0n) is 14.7. The number of nitrogens with zero attached hydrogens (tertiary/aromatic N) is 2. The molecule has 7 heteroatoms. The number of hydrogen-bond donors (Lipinski definition) is 3. The third-order valence-corrected chi connectivity index (χ3v) is 3.60. The second kappa shape index (κ2) is 11.8. The molecule has 0 aliphatic rings. The third kappa shape index (κ3) is 7.35. The number of rotatable bonds is 8. The van der Waals surface area contributed by atoms with Crippen LogP contribution in [0.15, 0.2) is 53.8 Å². The van der Waals surface area contributed by atoms with Crippen LogP contribution in [-0.2, 0) is 6.54 Å². The van der Waals surface area contributed by atoms with Gasteiger partial charge in [-0.3, -0.25) is 4.99 Å². The molecule has 0 aliphatic heterocycles. The van der Waals surface area contributed by atoms with E-state index in [4.69, 9.17) is 4.74 Å². The van der Waals surface area contributed by atoms with Crippen molar-refractivity contribution in [2.45, 2.75) is 19.6 Å². The molecule has 6 nitrogen and oxygen atoms in total. The van der Waals surface area contributed by atoms with Crippen LogP contribution < -0.4 is 15.4 Å². The van der Waals surface area contributed by atoms with Crippen LogP contribution >= 0.6 is 24.0 Å². The van der Waals surface area contributed by atoms with Crippen LogP contribution in [0, 0.1) is 0 Å². The number of nitrogens with one attached hydrogen (secondary N) is 2. The van der Waals surface area contributed by atoms with Gasteiger partial charge in [0, 0.05) is 32.0 Å². The second-order valence-electron chi connectivity index (χ2n) is 5.36. The second-order valence-corrected chi connectivity index (χ2v) is 5.36. The van der Waals surface area contributed by atoms with Gasteiger partial charge in [0.25, 0.3) is 0 Å². The lowest BCUT2D eigenvalue weighted by Gasteiger charge is -2.14. The first-order valence-corrected chi connectivity index (χ1v) is 8.18. The summed E-state index contributed by atoms with van der Waals surface area (Å²) in [7, 11) is 1.62. The maximum absolute atomic E-state index is 10.3. The van der Waals surface area contributed by atoms with Crippen molar-refractivity contribution >= 4 is 29.9 Å². The van der Waals surface area contributed by atoms with E-state index in [9.17, 15) is 5.11 Å². The highest BCUT2D eigenvalue weighted by Gasteiger charge is 2.07. The Balaban J connectivity index is 0.00000312. The van der Waals surface area contributed by atoms with Crippen molar-refractivity contribution in [2.24, 2.45) is 4.99 Å². The van der Waals surface area contributed by atoms with Gasteiger partial charge in [0.2, 0.25) is 0 Å². The Kier molecular flexibility index (Phi) is 10.0. The Morgan fingerprint density at radius 3 is 2.48 bits per heavy atom. The zero-order chi connectivity index (χ0) is 17.2. The maximum atomic E-state index is 10.3. The fraction of sp³-hybridized carbons (Fsp3) is 0.389. The smallest absolute Gasteiger partial charge is 0.191 e. The van der Waals surface area contributed by atoms with E-state index in [1.165, 1.54) is 0 Å². The molecule has 2 aromatic rings. The molecule has 3 N–H and O–H groups in total. The molecule has 138 valence electrons. The fourth-order valence-electron chi connectivity index (χ4n) is 2.27. The molecule has 1 heterocycles. The van der Waals surface area contributed by atoms with Gasteiger partial charge in [-0.25, -0.2) is 0 Å². The summed E-state index contributed by atoms with van der Waals surface area (Å²) in [5.74, 6) is 1.48. The van der Waals surface area contributed by atoms with Gasteiger partial charge in [0.15, 0.2) is 5.96 Å². The molecule has 0 saturated carbocycles. The van der Waals surface area contributed by atoms with Gasteiger partial charge < -0.3 is 25.0 Å². The van der Waals surface area contributed by atoms with Crippen molar-refractivity contribution in [3.8, 4) is 5.75 Å². The quantitative estimate of drug-likeness (QED) is 0.323. The molecule has 0 amide bonds. The highest BCUT2D eigenvalue weighted by Crippen LogP contribution is 2.17. The molecule has 25 heavy (non-hydrogen) atoms. The zero-order valence-corrected chi connectivity index (χ0v) is 17.0. The maximum Gasteiger partial charge on any atom is 0.191 e. The minimum Gasteiger partial charge on any atom is -0.497 e. The highest BCUT2D eigenvalue weighted by molar-refractivity contribution is 14.0. The van der Waals surface area contributed by atoms with Crippen LogP contribution in [0.5, 0.6) is 5.75 Å². The SMILES string of the molecule is CCNC(=NCC(O)c1ccc(OC)cc1)NCCn1cccc1.I. The molecule has 1 aromatic carbocycles. The molecule has 0 aliphatic carbocycles. The summed E-state index contributed by atoms with van der Waals surface area (Å²) in [6, 6.07) is 11.4. The summed E-state index contributed by atoms with van der Waals surface area (Å²) >= 11 is 0.